The van der Waals surface area contributed by atoms with Crippen molar-refractivity contribution >= 4 is 23.3 Å². The van der Waals surface area contributed by atoms with E-state index in [2.05, 4.69) is 9.73 Å². The van der Waals surface area contributed by atoms with Crippen LogP contribution in [0.5, 0.6) is 0 Å². The average Bonchev–Trinajstić information content (AvgIpc) is 3.50. The summed E-state index contributed by atoms with van der Waals surface area (Å²) in [5.74, 6) is -1.83. The van der Waals surface area contributed by atoms with Crippen LogP contribution in [-0.2, 0) is 14.9 Å². The molecule has 0 N–H and O–H groups in total. The Hall–Kier alpha value is -3.87. The second kappa shape index (κ2) is 8.48. The summed E-state index contributed by atoms with van der Waals surface area (Å²) >= 11 is 0. The average molecular weight is 460 g/mol. The summed E-state index contributed by atoms with van der Waals surface area (Å²) in [7, 11) is 1.22. The Balaban J connectivity index is 1.63. The van der Waals surface area contributed by atoms with E-state index < -0.39 is 29.3 Å². The van der Waals surface area contributed by atoms with Crippen LogP contribution in [0.15, 0.2) is 77.8 Å². The van der Waals surface area contributed by atoms with Gasteiger partial charge in [0.05, 0.1) is 23.9 Å². The van der Waals surface area contributed by atoms with Crippen molar-refractivity contribution in [2.75, 3.05) is 20.2 Å². The molecule has 3 aromatic rings. The standard InChI is InChI=1S/C27H22F2N2O3/c1-34-22(32)15-31-16-27(14-21(27)28)23-19(26(31)33)12-13-20(24(23)29)30-25(17-8-4-2-5-9-17)18-10-6-3-7-11-18/h2-13,21H,14-16H2,1H3/t21?,27-/m1/s1. The molecule has 1 aliphatic carbocycles. The molecule has 0 bridgehead atoms. The fraction of sp³-hybridized carbons (Fsp3) is 0.222. The van der Waals surface area contributed by atoms with Crippen LogP contribution < -0.4 is 0 Å². The molecule has 1 amide bonds. The zero-order valence-electron chi connectivity index (χ0n) is 18.5. The highest BCUT2D eigenvalue weighted by atomic mass is 19.1. The van der Waals surface area contributed by atoms with Gasteiger partial charge in [0.2, 0.25) is 0 Å². The molecule has 1 saturated carbocycles. The van der Waals surface area contributed by atoms with Gasteiger partial charge in [0.1, 0.15) is 12.7 Å². The summed E-state index contributed by atoms with van der Waals surface area (Å²) in [6.45, 7) is -0.389. The van der Waals surface area contributed by atoms with E-state index in [1.54, 1.807) is 0 Å². The largest absolute Gasteiger partial charge is 0.468 e. The number of nitrogens with zero attached hydrogens (tertiary/aromatic N) is 2. The quantitative estimate of drug-likeness (QED) is 0.413. The molecule has 0 radical (unpaired) electrons. The van der Waals surface area contributed by atoms with Gasteiger partial charge in [0.25, 0.3) is 5.91 Å². The monoisotopic (exact) mass is 460 g/mol. The minimum Gasteiger partial charge on any atom is -0.468 e. The maximum absolute atomic E-state index is 15.9. The van der Waals surface area contributed by atoms with E-state index in [0.717, 1.165) is 11.1 Å². The zero-order chi connectivity index (χ0) is 23.9. The van der Waals surface area contributed by atoms with Gasteiger partial charge in [-0.1, -0.05) is 60.7 Å². The number of hydrogen-bond donors (Lipinski definition) is 0. The van der Waals surface area contributed by atoms with Crippen molar-refractivity contribution in [2.24, 2.45) is 4.99 Å². The van der Waals surface area contributed by atoms with Crippen molar-refractivity contribution in [1.82, 2.24) is 4.90 Å². The third-order valence-corrected chi connectivity index (χ3v) is 6.47. The summed E-state index contributed by atoms with van der Waals surface area (Å²) in [5.41, 5.74) is 1.14. The summed E-state index contributed by atoms with van der Waals surface area (Å²) < 4.78 is 35.3. The molecule has 1 unspecified atom stereocenters. The molecule has 5 rings (SSSR count). The van der Waals surface area contributed by atoms with Crippen molar-refractivity contribution in [1.29, 1.82) is 0 Å². The number of rotatable bonds is 5. The fourth-order valence-electron chi connectivity index (χ4n) is 4.62. The first-order chi connectivity index (χ1) is 16.4. The topological polar surface area (TPSA) is 59.0 Å². The third-order valence-electron chi connectivity index (χ3n) is 6.47. The lowest BCUT2D eigenvalue weighted by Crippen LogP contribution is -2.47. The maximum atomic E-state index is 15.9. The van der Waals surface area contributed by atoms with Gasteiger partial charge in [-0.3, -0.25) is 9.59 Å². The molecule has 1 aliphatic heterocycles. The second-order valence-electron chi connectivity index (χ2n) is 8.58. The number of amides is 1. The molecule has 0 saturated heterocycles. The number of benzene rings is 3. The summed E-state index contributed by atoms with van der Waals surface area (Å²) in [6.07, 6.45) is -1.23. The van der Waals surface area contributed by atoms with Crippen molar-refractivity contribution in [2.45, 2.75) is 18.0 Å². The van der Waals surface area contributed by atoms with E-state index in [0.29, 0.717) is 5.71 Å². The number of halogens is 2. The highest BCUT2D eigenvalue weighted by Crippen LogP contribution is 2.56. The number of carbonyl (C=O) groups excluding carboxylic acids is 2. The highest BCUT2D eigenvalue weighted by molar-refractivity contribution is 6.14. The molecule has 2 atom stereocenters. The molecule has 5 nitrogen and oxygen atoms in total. The Labute approximate surface area is 195 Å². The predicted molar refractivity (Wildman–Crippen MR) is 124 cm³/mol. The van der Waals surface area contributed by atoms with Crippen molar-refractivity contribution in [3.05, 3.63) is 101 Å². The van der Waals surface area contributed by atoms with Crippen molar-refractivity contribution in [3.63, 3.8) is 0 Å². The molecule has 172 valence electrons. The van der Waals surface area contributed by atoms with E-state index in [1.165, 1.54) is 24.1 Å². The summed E-state index contributed by atoms with van der Waals surface area (Å²) in [5, 5.41) is 0. The van der Waals surface area contributed by atoms with Gasteiger partial charge in [-0.25, -0.2) is 13.8 Å². The van der Waals surface area contributed by atoms with E-state index >= 15 is 4.39 Å². The van der Waals surface area contributed by atoms with Crippen LogP contribution in [0.1, 0.15) is 33.5 Å². The Morgan fingerprint density at radius 1 is 1.06 bits per heavy atom. The lowest BCUT2D eigenvalue weighted by Gasteiger charge is -2.34. The summed E-state index contributed by atoms with van der Waals surface area (Å²) in [6, 6.07) is 21.7. The van der Waals surface area contributed by atoms with Crippen LogP contribution in [0.2, 0.25) is 0 Å². The molecule has 7 heteroatoms. The van der Waals surface area contributed by atoms with Gasteiger partial charge >= 0.3 is 5.97 Å². The molecular weight excluding hydrogens is 438 g/mol. The lowest BCUT2D eigenvalue weighted by molar-refractivity contribution is -0.141. The SMILES string of the molecule is COC(=O)CN1C[C@@]2(CC2F)c2c(ccc(N=C(c3ccccc3)c3ccccc3)c2F)C1=O. The Kier molecular flexibility index (Phi) is 5.48. The minimum absolute atomic E-state index is 0.0362. The molecule has 1 spiro atoms. The number of hydrogen-bond acceptors (Lipinski definition) is 4. The highest BCUT2D eigenvalue weighted by Gasteiger charge is 2.62. The lowest BCUT2D eigenvalue weighted by atomic mass is 9.85. The van der Waals surface area contributed by atoms with E-state index in [4.69, 9.17) is 0 Å². The fourth-order valence-corrected chi connectivity index (χ4v) is 4.62. The third kappa shape index (κ3) is 3.67. The van der Waals surface area contributed by atoms with Gasteiger partial charge in [0.15, 0.2) is 5.82 Å². The maximum Gasteiger partial charge on any atom is 0.325 e. The molecule has 0 aromatic heterocycles. The summed E-state index contributed by atoms with van der Waals surface area (Å²) in [4.78, 5) is 30.7. The predicted octanol–water partition coefficient (Wildman–Crippen LogP) is 4.60. The molecule has 1 heterocycles. The van der Waals surface area contributed by atoms with Gasteiger partial charge < -0.3 is 9.64 Å². The first-order valence-corrected chi connectivity index (χ1v) is 11.0. The van der Waals surface area contributed by atoms with Gasteiger partial charge in [-0.05, 0) is 18.6 Å². The Morgan fingerprint density at radius 3 is 2.18 bits per heavy atom. The zero-order valence-corrected chi connectivity index (χ0v) is 18.5. The van der Waals surface area contributed by atoms with Gasteiger partial charge in [0, 0.05) is 28.8 Å². The van der Waals surface area contributed by atoms with Crippen LogP contribution in [0.3, 0.4) is 0 Å². The van der Waals surface area contributed by atoms with Crippen molar-refractivity contribution in [3.8, 4) is 0 Å². The number of fused-ring (bicyclic) bond motifs is 2. The van der Waals surface area contributed by atoms with Crippen LogP contribution >= 0.6 is 0 Å². The number of alkyl halides is 1. The number of ether oxygens (including phenoxy) is 1. The van der Waals surface area contributed by atoms with E-state index in [1.807, 2.05) is 60.7 Å². The van der Waals surface area contributed by atoms with Crippen LogP contribution in [-0.4, -0.2) is 48.9 Å². The van der Waals surface area contributed by atoms with Crippen LogP contribution in [0, 0.1) is 5.82 Å². The van der Waals surface area contributed by atoms with Crippen LogP contribution in [0.25, 0.3) is 0 Å². The molecule has 34 heavy (non-hydrogen) atoms. The van der Waals surface area contributed by atoms with Crippen LogP contribution in [0.4, 0.5) is 14.5 Å². The molecule has 3 aromatic carbocycles. The molecule has 1 fully saturated rings. The minimum atomic E-state index is -1.31. The van der Waals surface area contributed by atoms with Crippen molar-refractivity contribution < 1.29 is 23.1 Å². The van der Waals surface area contributed by atoms with E-state index in [-0.39, 0.29) is 36.3 Å². The molecule has 2 aliphatic rings. The number of aliphatic imine (C=N–C) groups is 1. The first kappa shape index (κ1) is 21.9. The van der Waals surface area contributed by atoms with E-state index in [9.17, 15) is 14.0 Å². The Morgan fingerprint density at radius 2 is 1.65 bits per heavy atom. The first-order valence-electron chi connectivity index (χ1n) is 11.0. The number of carbonyl (C=O) groups is 2. The Bertz CT molecular complexity index is 1250. The number of esters is 1. The number of methoxy groups -OCH3 is 1. The second-order valence-corrected chi connectivity index (χ2v) is 8.58. The molecular formula is C27H22F2N2O3. The van der Waals surface area contributed by atoms with Gasteiger partial charge in [-0.15, -0.1) is 0 Å². The van der Waals surface area contributed by atoms with Gasteiger partial charge in [-0.2, -0.15) is 0 Å². The smallest absolute Gasteiger partial charge is 0.325 e. The normalized spacial score (nSPS) is 20.6.